The van der Waals surface area contributed by atoms with E-state index >= 15 is 0 Å². The summed E-state index contributed by atoms with van der Waals surface area (Å²) in [6.45, 7) is 10.3. The first-order valence-corrected chi connectivity index (χ1v) is 13.0. The predicted molar refractivity (Wildman–Crippen MR) is 128 cm³/mol. The van der Waals surface area contributed by atoms with Crippen molar-refractivity contribution in [1.29, 1.82) is 0 Å². The fourth-order valence-electron chi connectivity index (χ4n) is 9.34. The summed E-state index contributed by atoms with van der Waals surface area (Å²) >= 11 is 0. The van der Waals surface area contributed by atoms with Crippen molar-refractivity contribution in [3.8, 4) is 0 Å². The molecule has 4 aliphatic carbocycles. The highest BCUT2D eigenvalue weighted by Gasteiger charge is 2.64. The Kier molecular flexibility index (Phi) is 5.24. The Morgan fingerprint density at radius 1 is 1.16 bits per heavy atom. The lowest BCUT2D eigenvalue weighted by Crippen LogP contribution is -2.53. The number of carbonyl (C=O) groups is 1. The highest BCUT2D eigenvalue weighted by Crippen LogP contribution is 2.68. The third-order valence-electron chi connectivity index (χ3n) is 11.3. The summed E-state index contributed by atoms with van der Waals surface area (Å²) in [5, 5.41) is 0. The van der Waals surface area contributed by atoms with Crippen molar-refractivity contribution in [3.63, 3.8) is 0 Å². The van der Waals surface area contributed by atoms with E-state index in [1.165, 1.54) is 45.1 Å². The van der Waals surface area contributed by atoms with E-state index in [-0.39, 0.29) is 5.91 Å². The molecular formula is C28H44N2O. The van der Waals surface area contributed by atoms with Gasteiger partial charge >= 0.3 is 0 Å². The lowest BCUT2D eigenvalue weighted by molar-refractivity contribution is -0.128. The molecule has 5 rings (SSSR count). The standard InChI is InChI=1S/C28H44N2O/c1-7-18(2)26(31)30(6)21-12-14-27(4)20(16-21)8-9-22-24(27)13-15-28-17-29(5)19(3)23(28)10-11-25(22)28/h7-8,19,21-25H,9-17H2,1-6H3/b18-7+/t19-,21-,22+,23+,24?,25-,27-,28-/m0/s1. The van der Waals surface area contributed by atoms with E-state index in [1.807, 2.05) is 31.9 Å². The summed E-state index contributed by atoms with van der Waals surface area (Å²) in [5.41, 5.74) is 3.54. The second-order valence-corrected chi connectivity index (χ2v) is 12.2. The molecule has 8 atom stereocenters. The van der Waals surface area contributed by atoms with Gasteiger partial charge in [0.25, 0.3) is 0 Å². The van der Waals surface area contributed by atoms with E-state index in [0.717, 1.165) is 48.1 Å². The number of allylic oxidation sites excluding steroid dienone is 2. The predicted octanol–water partition coefficient (Wildman–Crippen LogP) is 5.67. The molecule has 3 heteroatoms. The monoisotopic (exact) mass is 424 g/mol. The molecule has 0 aromatic heterocycles. The van der Waals surface area contributed by atoms with Crippen LogP contribution in [0.1, 0.15) is 79.1 Å². The molecule has 3 saturated carbocycles. The van der Waals surface area contributed by atoms with Crippen molar-refractivity contribution in [3.05, 3.63) is 23.3 Å². The van der Waals surface area contributed by atoms with Gasteiger partial charge in [0.1, 0.15) is 0 Å². The van der Waals surface area contributed by atoms with E-state index in [4.69, 9.17) is 0 Å². The third kappa shape index (κ3) is 2.97. The molecule has 3 nitrogen and oxygen atoms in total. The molecule has 0 radical (unpaired) electrons. The number of carbonyl (C=O) groups excluding carboxylic acids is 1. The molecule has 0 aromatic rings. The molecule has 1 saturated heterocycles. The van der Waals surface area contributed by atoms with Gasteiger partial charge in [-0.05, 0) is 114 Å². The van der Waals surface area contributed by atoms with Gasteiger partial charge in [0, 0.05) is 31.2 Å². The highest BCUT2D eigenvalue weighted by atomic mass is 16.2. The zero-order valence-electron chi connectivity index (χ0n) is 20.8. The van der Waals surface area contributed by atoms with Crippen LogP contribution in [-0.4, -0.2) is 48.4 Å². The molecule has 1 unspecified atom stereocenters. The van der Waals surface area contributed by atoms with Gasteiger partial charge in [-0.15, -0.1) is 0 Å². The van der Waals surface area contributed by atoms with Crippen molar-refractivity contribution in [2.75, 3.05) is 20.6 Å². The Morgan fingerprint density at radius 3 is 2.65 bits per heavy atom. The SMILES string of the molecule is C/C=C(\C)C(=O)N(C)[C@H]1CC[C@@]2(C)C(=CC[C@@H]3C2CC[C@]24CN(C)[C@@H](C)[C@H]2CC[C@@H]34)C1. The van der Waals surface area contributed by atoms with Crippen molar-refractivity contribution in [1.82, 2.24) is 9.80 Å². The van der Waals surface area contributed by atoms with Gasteiger partial charge in [-0.3, -0.25) is 4.79 Å². The van der Waals surface area contributed by atoms with Crippen molar-refractivity contribution < 1.29 is 4.79 Å². The van der Waals surface area contributed by atoms with E-state index in [0.29, 0.717) is 16.9 Å². The molecule has 1 amide bonds. The number of likely N-dealkylation sites (tertiary alicyclic amines) is 1. The van der Waals surface area contributed by atoms with Crippen molar-refractivity contribution in [2.24, 2.45) is 34.5 Å². The quantitative estimate of drug-likeness (QED) is 0.421. The van der Waals surface area contributed by atoms with Gasteiger partial charge in [0.05, 0.1) is 0 Å². The minimum absolute atomic E-state index is 0.210. The van der Waals surface area contributed by atoms with Crippen LogP contribution in [0.25, 0.3) is 0 Å². The molecule has 0 aromatic carbocycles. The minimum Gasteiger partial charge on any atom is -0.339 e. The number of nitrogens with zero attached hydrogens (tertiary/aromatic N) is 2. The van der Waals surface area contributed by atoms with Crippen LogP contribution in [0.15, 0.2) is 23.3 Å². The summed E-state index contributed by atoms with van der Waals surface area (Å²) in [7, 11) is 4.39. The first-order chi connectivity index (χ1) is 14.7. The molecule has 0 N–H and O–H groups in total. The van der Waals surface area contributed by atoms with Crippen LogP contribution in [0.3, 0.4) is 0 Å². The molecular weight excluding hydrogens is 380 g/mol. The van der Waals surface area contributed by atoms with Crippen LogP contribution in [-0.2, 0) is 4.79 Å². The molecule has 1 spiro atoms. The van der Waals surface area contributed by atoms with E-state index in [9.17, 15) is 4.79 Å². The average molecular weight is 425 g/mol. The first kappa shape index (κ1) is 21.7. The Hall–Kier alpha value is -1.09. The molecule has 1 aliphatic heterocycles. The Labute approximate surface area is 190 Å². The molecule has 0 bridgehead atoms. The molecule has 31 heavy (non-hydrogen) atoms. The topological polar surface area (TPSA) is 23.6 Å². The van der Waals surface area contributed by atoms with Gasteiger partial charge < -0.3 is 9.80 Å². The normalized spacial score (nSPS) is 47.2. The van der Waals surface area contributed by atoms with Gasteiger partial charge in [-0.25, -0.2) is 0 Å². The second-order valence-electron chi connectivity index (χ2n) is 12.2. The van der Waals surface area contributed by atoms with E-state index in [2.05, 4.69) is 31.9 Å². The minimum atomic E-state index is 0.210. The summed E-state index contributed by atoms with van der Waals surface area (Å²) in [6.07, 6.45) is 15.3. The number of amides is 1. The van der Waals surface area contributed by atoms with Crippen molar-refractivity contribution >= 4 is 5.91 Å². The van der Waals surface area contributed by atoms with Crippen LogP contribution in [0.2, 0.25) is 0 Å². The largest absolute Gasteiger partial charge is 0.339 e. The first-order valence-electron chi connectivity index (χ1n) is 13.0. The number of hydrogen-bond acceptors (Lipinski definition) is 2. The average Bonchev–Trinajstić information content (AvgIpc) is 3.25. The fourth-order valence-corrected chi connectivity index (χ4v) is 9.34. The van der Waals surface area contributed by atoms with E-state index in [1.54, 1.807) is 5.57 Å². The summed E-state index contributed by atoms with van der Waals surface area (Å²) in [6, 6.07) is 1.14. The molecule has 1 heterocycles. The van der Waals surface area contributed by atoms with Crippen molar-refractivity contribution in [2.45, 2.75) is 91.1 Å². The van der Waals surface area contributed by atoms with Crippen LogP contribution in [0, 0.1) is 34.5 Å². The zero-order chi connectivity index (χ0) is 22.1. The Morgan fingerprint density at radius 2 is 1.90 bits per heavy atom. The Balaban J connectivity index is 1.37. The molecule has 4 fully saturated rings. The van der Waals surface area contributed by atoms with Gasteiger partial charge in [0.2, 0.25) is 5.91 Å². The van der Waals surface area contributed by atoms with Gasteiger partial charge in [-0.2, -0.15) is 0 Å². The van der Waals surface area contributed by atoms with Gasteiger partial charge in [-0.1, -0.05) is 24.6 Å². The number of fused-ring (bicyclic) bond motifs is 4. The smallest absolute Gasteiger partial charge is 0.249 e. The van der Waals surface area contributed by atoms with E-state index < -0.39 is 0 Å². The zero-order valence-corrected chi connectivity index (χ0v) is 20.8. The summed E-state index contributed by atoms with van der Waals surface area (Å²) < 4.78 is 0. The number of hydrogen-bond donors (Lipinski definition) is 0. The third-order valence-corrected chi connectivity index (χ3v) is 11.3. The lowest BCUT2D eigenvalue weighted by Gasteiger charge is -2.58. The maximum Gasteiger partial charge on any atom is 0.249 e. The lowest BCUT2D eigenvalue weighted by atomic mass is 9.47. The van der Waals surface area contributed by atoms with Crippen LogP contribution < -0.4 is 0 Å². The van der Waals surface area contributed by atoms with Gasteiger partial charge in [0.15, 0.2) is 0 Å². The molecule has 172 valence electrons. The second kappa shape index (κ2) is 7.47. The van der Waals surface area contributed by atoms with Crippen LogP contribution in [0.5, 0.6) is 0 Å². The highest BCUT2D eigenvalue weighted by molar-refractivity contribution is 5.92. The van der Waals surface area contributed by atoms with Crippen LogP contribution >= 0.6 is 0 Å². The number of likely N-dealkylation sites (N-methyl/N-ethyl adjacent to an activating group) is 1. The molecule has 5 aliphatic rings. The maximum absolute atomic E-state index is 12.8. The maximum atomic E-state index is 12.8. The summed E-state index contributed by atoms with van der Waals surface area (Å²) in [5.74, 6) is 3.85. The Bertz CT molecular complexity index is 814. The fraction of sp³-hybridized carbons (Fsp3) is 0.821. The number of rotatable bonds is 2. The van der Waals surface area contributed by atoms with Crippen LogP contribution in [0.4, 0.5) is 0 Å². The summed E-state index contributed by atoms with van der Waals surface area (Å²) in [4.78, 5) is 17.5.